The highest BCUT2D eigenvalue weighted by atomic mass is 16.7. The van der Waals surface area contributed by atoms with Crippen molar-refractivity contribution in [2.24, 2.45) is 0 Å². The van der Waals surface area contributed by atoms with Crippen LogP contribution in [0, 0.1) is 0 Å². The molecule has 0 radical (unpaired) electrons. The van der Waals surface area contributed by atoms with E-state index in [0.717, 1.165) is 12.8 Å². The van der Waals surface area contributed by atoms with Crippen LogP contribution in [0.2, 0.25) is 0 Å². The van der Waals surface area contributed by atoms with Gasteiger partial charge in [-0.1, -0.05) is 13.3 Å². The second kappa shape index (κ2) is 5.08. The van der Waals surface area contributed by atoms with Gasteiger partial charge >= 0.3 is 0 Å². The lowest BCUT2D eigenvalue weighted by Gasteiger charge is -2.12. The smallest absolute Gasteiger partial charge is 0.251 e. The molecule has 0 saturated heterocycles. The molecule has 0 bridgehead atoms. The highest BCUT2D eigenvalue weighted by molar-refractivity contribution is 5.95. The van der Waals surface area contributed by atoms with Crippen LogP contribution >= 0.6 is 0 Å². The molecule has 17 heavy (non-hydrogen) atoms. The van der Waals surface area contributed by atoms with Gasteiger partial charge in [0.2, 0.25) is 6.79 Å². The molecule has 0 unspecified atom stereocenters. The number of ether oxygens (including phenoxy) is 2. The highest BCUT2D eigenvalue weighted by Gasteiger charge is 2.16. The van der Waals surface area contributed by atoms with Crippen molar-refractivity contribution in [2.45, 2.75) is 32.7 Å². The Hall–Kier alpha value is -1.71. The number of rotatable bonds is 4. The molecule has 0 spiro atoms. The molecule has 1 aliphatic rings. The Labute approximate surface area is 101 Å². The summed E-state index contributed by atoms with van der Waals surface area (Å²) in [5.74, 6) is 1.27. The Bertz CT molecular complexity index is 417. The van der Waals surface area contributed by atoms with E-state index in [9.17, 15) is 4.79 Å². The summed E-state index contributed by atoms with van der Waals surface area (Å²) in [7, 11) is 0. The van der Waals surface area contributed by atoms with Gasteiger partial charge in [0.25, 0.3) is 5.91 Å². The van der Waals surface area contributed by atoms with Crippen molar-refractivity contribution in [3.8, 4) is 11.5 Å². The van der Waals surface area contributed by atoms with Gasteiger partial charge in [0.05, 0.1) is 0 Å². The maximum Gasteiger partial charge on any atom is 0.251 e. The Balaban J connectivity index is 2.04. The minimum Gasteiger partial charge on any atom is -0.454 e. The van der Waals surface area contributed by atoms with E-state index in [4.69, 9.17) is 9.47 Å². The lowest BCUT2D eigenvalue weighted by molar-refractivity contribution is 0.0938. The summed E-state index contributed by atoms with van der Waals surface area (Å²) in [5.41, 5.74) is 0.609. The maximum atomic E-state index is 11.9. The van der Waals surface area contributed by atoms with Gasteiger partial charge in [0.15, 0.2) is 11.5 Å². The summed E-state index contributed by atoms with van der Waals surface area (Å²) in [6, 6.07) is 5.43. The molecule has 1 N–H and O–H groups in total. The summed E-state index contributed by atoms with van der Waals surface area (Å²) in [5, 5.41) is 2.95. The number of amides is 1. The van der Waals surface area contributed by atoms with Crippen LogP contribution in [0.1, 0.15) is 37.0 Å². The number of fused-ring (bicyclic) bond motifs is 1. The van der Waals surface area contributed by atoms with E-state index in [1.54, 1.807) is 18.2 Å². The second-order valence-corrected chi connectivity index (χ2v) is 4.23. The van der Waals surface area contributed by atoms with Gasteiger partial charge in [-0.25, -0.2) is 0 Å². The predicted molar refractivity (Wildman–Crippen MR) is 64.4 cm³/mol. The molecule has 92 valence electrons. The second-order valence-electron chi connectivity index (χ2n) is 4.23. The third kappa shape index (κ3) is 2.70. The van der Waals surface area contributed by atoms with Crippen molar-refractivity contribution >= 4 is 5.91 Å². The molecule has 1 heterocycles. The van der Waals surface area contributed by atoms with Crippen LogP contribution in [-0.4, -0.2) is 18.7 Å². The monoisotopic (exact) mass is 235 g/mol. The molecule has 1 aromatic carbocycles. The van der Waals surface area contributed by atoms with Crippen molar-refractivity contribution in [3.05, 3.63) is 23.8 Å². The first-order chi connectivity index (χ1) is 8.20. The lowest BCUT2D eigenvalue weighted by atomic mass is 10.1. The zero-order valence-corrected chi connectivity index (χ0v) is 10.2. The normalized spacial score (nSPS) is 14.5. The van der Waals surface area contributed by atoms with Crippen LogP contribution < -0.4 is 14.8 Å². The van der Waals surface area contributed by atoms with Gasteiger partial charge in [-0.3, -0.25) is 4.79 Å². The van der Waals surface area contributed by atoms with E-state index >= 15 is 0 Å². The molecule has 4 nitrogen and oxygen atoms in total. The lowest BCUT2D eigenvalue weighted by Crippen LogP contribution is -2.32. The minimum atomic E-state index is -0.0655. The first kappa shape index (κ1) is 11.8. The summed E-state index contributed by atoms with van der Waals surface area (Å²) >= 11 is 0. The first-order valence-electron chi connectivity index (χ1n) is 5.91. The molecule has 1 amide bonds. The number of benzene rings is 1. The van der Waals surface area contributed by atoms with Crippen LogP contribution in [-0.2, 0) is 0 Å². The molecule has 0 aromatic heterocycles. The van der Waals surface area contributed by atoms with Crippen molar-refractivity contribution < 1.29 is 14.3 Å². The van der Waals surface area contributed by atoms with Crippen LogP contribution in [0.15, 0.2) is 18.2 Å². The molecule has 1 atom stereocenters. The van der Waals surface area contributed by atoms with E-state index in [1.807, 2.05) is 6.92 Å². The molecule has 2 rings (SSSR count). The molecule has 1 aromatic rings. The van der Waals surface area contributed by atoms with Gasteiger partial charge in [0, 0.05) is 11.6 Å². The number of nitrogens with one attached hydrogen (secondary N) is 1. The van der Waals surface area contributed by atoms with E-state index < -0.39 is 0 Å². The highest BCUT2D eigenvalue weighted by Crippen LogP contribution is 2.32. The zero-order chi connectivity index (χ0) is 12.3. The number of carbonyl (C=O) groups is 1. The standard InChI is InChI=1S/C13H17NO3/c1-3-4-9(2)14-13(15)10-5-6-11-12(7-10)17-8-16-11/h5-7,9H,3-4,8H2,1-2H3,(H,14,15)/t9-/m0/s1. The largest absolute Gasteiger partial charge is 0.454 e. The molecule has 4 heteroatoms. The Kier molecular flexibility index (Phi) is 3.52. The Morgan fingerprint density at radius 1 is 1.41 bits per heavy atom. The van der Waals surface area contributed by atoms with Crippen molar-refractivity contribution in [1.29, 1.82) is 0 Å². The van der Waals surface area contributed by atoms with E-state index in [1.165, 1.54) is 0 Å². The topological polar surface area (TPSA) is 47.6 Å². The van der Waals surface area contributed by atoms with Crippen LogP contribution in [0.5, 0.6) is 11.5 Å². The molecule has 0 saturated carbocycles. The van der Waals surface area contributed by atoms with E-state index in [0.29, 0.717) is 17.1 Å². The van der Waals surface area contributed by atoms with Gasteiger partial charge in [0.1, 0.15) is 0 Å². The van der Waals surface area contributed by atoms with Crippen LogP contribution in [0.4, 0.5) is 0 Å². The van der Waals surface area contributed by atoms with Crippen molar-refractivity contribution in [3.63, 3.8) is 0 Å². The number of hydrogen-bond acceptors (Lipinski definition) is 3. The Morgan fingerprint density at radius 2 is 2.18 bits per heavy atom. The zero-order valence-electron chi connectivity index (χ0n) is 10.2. The first-order valence-corrected chi connectivity index (χ1v) is 5.91. The number of carbonyl (C=O) groups excluding carboxylic acids is 1. The Morgan fingerprint density at radius 3 is 2.94 bits per heavy atom. The predicted octanol–water partition coefficient (Wildman–Crippen LogP) is 2.33. The molecular formula is C13H17NO3. The van der Waals surface area contributed by atoms with Gasteiger partial charge in [-0.05, 0) is 31.5 Å². The van der Waals surface area contributed by atoms with Crippen LogP contribution in [0.3, 0.4) is 0 Å². The SMILES string of the molecule is CCC[C@H](C)NC(=O)c1ccc2c(c1)OCO2. The third-order valence-corrected chi connectivity index (χ3v) is 2.73. The average Bonchev–Trinajstić information content (AvgIpc) is 2.75. The fraction of sp³-hybridized carbons (Fsp3) is 0.462. The van der Waals surface area contributed by atoms with Crippen LogP contribution in [0.25, 0.3) is 0 Å². The van der Waals surface area contributed by atoms with Gasteiger partial charge in [-0.15, -0.1) is 0 Å². The summed E-state index contributed by atoms with van der Waals surface area (Å²) < 4.78 is 10.4. The quantitative estimate of drug-likeness (QED) is 0.871. The maximum absolute atomic E-state index is 11.9. The minimum absolute atomic E-state index is 0.0655. The molecule has 1 aliphatic heterocycles. The summed E-state index contributed by atoms with van der Waals surface area (Å²) in [4.78, 5) is 11.9. The van der Waals surface area contributed by atoms with Gasteiger partial charge in [-0.2, -0.15) is 0 Å². The van der Waals surface area contributed by atoms with E-state index in [2.05, 4.69) is 12.2 Å². The fourth-order valence-electron chi connectivity index (χ4n) is 1.85. The molecular weight excluding hydrogens is 218 g/mol. The average molecular weight is 235 g/mol. The van der Waals surface area contributed by atoms with Crippen molar-refractivity contribution in [1.82, 2.24) is 5.32 Å². The molecule has 0 fully saturated rings. The van der Waals surface area contributed by atoms with E-state index in [-0.39, 0.29) is 18.7 Å². The summed E-state index contributed by atoms with van der Waals surface area (Å²) in [6.07, 6.45) is 2.04. The summed E-state index contributed by atoms with van der Waals surface area (Å²) in [6.45, 7) is 4.34. The third-order valence-electron chi connectivity index (χ3n) is 2.73. The van der Waals surface area contributed by atoms with Crippen molar-refractivity contribution in [2.75, 3.05) is 6.79 Å². The van der Waals surface area contributed by atoms with Gasteiger partial charge < -0.3 is 14.8 Å². The molecule has 0 aliphatic carbocycles. The fourth-order valence-corrected chi connectivity index (χ4v) is 1.85. The number of hydrogen-bond donors (Lipinski definition) is 1.